The largest absolute Gasteiger partial charge is 0.0849 e. The summed E-state index contributed by atoms with van der Waals surface area (Å²) >= 11 is 0. The molecule has 0 radical (unpaired) electrons. The van der Waals surface area contributed by atoms with E-state index in [4.69, 9.17) is 0 Å². The SMILES string of the molecule is CCC(CCCCC(C)C)C1=CC(C2C3CCCCC3C(C3CC(C)CC(C4C=CC(C5CCCC6CCCC65)CC4)CC3C3CCCC3)C3CCCC32)CC1. The molecule has 0 N–H and O–H groups in total. The van der Waals surface area contributed by atoms with Gasteiger partial charge in [-0.25, -0.2) is 0 Å². The van der Waals surface area contributed by atoms with Gasteiger partial charge in [-0.3, -0.25) is 0 Å². The Morgan fingerprint density at radius 2 is 1.05 bits per heavy atom. The summed E-state index contributed by atoms with van der Waals surface area (Å²) in [4.78, 5) is 0. The number of fused-ring (bicyclic) bond motifs is 3. The molecule has 0 heteroatoms. The van der Waals surface area contributed by atoms with Crippen LogP contribution >= 0.6 is 0 Å². The summed E-state index contributed by atoms with van der Waals surface area (Å²) in [6.07, 6.45) is 53.4. The highest BCUT2D eigenvalue weighted by Gasteiger charge is 2.57. The smallest absolute Gasteiger partial charge is 0.0194 e. The maximum absolute atomic E-state index is 3.00. The summed E-state index contributed by atoms with van der Waals surface area (Å²) in [5, 5.41) is 0. The van der Waals surface area contributed by atoms with Crippen molar-refractivity contribution in [2.24, 2.45) is 112 Å². The van der Waals surface area contributed by atoms with Gasteiger partial charge in [0.2, 0.25) is 0 Å². The van der Waals surface area contributed by atoms with Crippen molar-refractivity contribution < 1.29 is 0 Å². The summed E-state index contributed by atoms with van der Waals surface area (Å²) in [6.45, 7) is 10.1. The van der Waals surface area contributed by atoms with Gasteiger partial charge in [0.25, 0.3) is 0 Å². The Hall–Kier alpha value is -0.520. The third-order valence-corrected chi connectivity index (χ3v) is 20.7. The third-order valence-electron chi connectivity index (χ3n) is 20.7. The Bertz CT molecular complexity index is 1290. The molecule has 0 aliphatic heterocycles. The lowest BCUT2D eigenvalue weighted by atomic mass is 9.47. The van der Waals surface area contributed by atoms with E-state index in [1.165, 1.54) is 70.6 Å². The quantitative estimate of drug-likeness (QED) is 0.105. The molecule has 0 amide bonds. The van der Waals surface area contributed by atoms with Crippen LogP contribution in [0.4, 0.5) is 0 Å². The molecular weight excluding hydrogens is 673 g/mol. The van der Waals surface area contributed by atoms with Gasteiger partial charge < -0.3 is 0 Å². The number of hydrogen-bond acceptors (Lipinski definition) is 0. The van der Waals surface area contributed by atoms with E-state index in [1.54, 1.807) is 116 Å². The lowest BCUT2D eigenvalue weighted by Gasteiger charge is -2.57. The number of unbranched alkanes of at least 4 members (excludes halogenated alkanes) is 1. The first-order valence-corrected chi connectivity index (χ1v) is 26.9. The van der Waals surface area contributed by atoms with E-state index in [0.29, 0.717) is 0 Å². The van der Waals surface area contributed by atoms with Crippen LogP contribution in [0.5, 0.6) is 0 Å². The first kappa shape index (κ1) is 40.9. The zero-order chi connectivity index (χ0) is 38.2. The number of hydrogen-bond donors (Lipinski definition) is 0. The standard InChI is InChI=1S/C56H92/c1-5-39(16-7-6-15-37(2)3)44-31-32-45(35-44)55-49-21-10-11-22-51(49)56(52-26-14-25-50(52)55)54-34-38(4)33-46(36-53(54)42-17-8-9-18-42)40-27-29-43(30-28-40)48-24-13-20-41-19-12-23-47(41)48/h27,29,35,37-43,45-56H,5-26,28,30-34,36H2,1-4H3. The highest BCUT2D eigenvalue weighted by molar-refractivity contribution is 5.18. The second-order valence-electron chi connectivity index (χ2n) is 23.9. The van der Waals surface area contributed by atoms with Gasteiger partial charge in [-0.05, 0) is 209 Å². The lowest BCUT2D eigenvalue weighted by molar-refractivity contribution is -0.0876. The molecule has 17 atom stereocenters. The average Bonchev–Trinajstić information content (AvgIpc) is 4.06. The molecule has 316 valence electrons. The third kappa shape index (κ3) is 8.52. The number of allylic oxidation sites excluding steroid dienone is 4. The fraction of sp³-hybridized carbons (Fsp3) is 0.929. The number of rotatable bonds is 12. The molecule has 0 heterocycles. The Balaban J connectivity index is 0.938. The molecule has 0 saturated heterocycles. The lowest BCUT2D eigenvalue weighted by Crippen LogP contribution is -2.51. The normalized spacial score (nSPS) is 46.3. The van der Waals surface area contributed by atoms with Crippen LogP contribution in [0.3, 0.4) is 0 Å². The van der Waals surface area contributed by atoms with Crippen molar-refractivity contribution in [1.82, 2.24) is 0 Å². The van der Waals surface area contributed by atoms with E-state index in [2.05, 4.69) is 45.9 Å². The highest BCUT2D eigenvalue weighted by atomic mass is 14.6. The Morgan fingerprint density at radius 1 is 0.482 bits per heavy atom. The molecule has 56 heavy (non-hydrogen) atoms. The van der Waals surface area contributed by atoms with Crippen LogP contribution in [-0.2, 0) is 0 Å². The Kier molecular flexibility index (Phi) is 13.6. The van der Waals surface area contributed by atoms with Crippen molar-refractivity contribution in [3.8, 4) is 0 Å². The minimum absolute atomic E-state index is 0.867. The van der Waals surface area contributed by atoms with Gasteiger partial charge in [0.1, 0.15) is 0 Å². The van der Waals surface area contributed by atoms with Crippen LogP contribution in [0.25, 0.3) is 0 Å². The van der Waals surface area contributed by atoms with Crippen molar-refractivity contribution in [2.45, 2.75) is 214 Å². The molecule has 0 spiro atoms. The minimum Gasteiger partial charge on any atom is -0.0849 e. The zero-order valence-corrected chi connectivity index (χ0v) is 37.7. The van der Waals surface area contributed by atoms with Crippen molar-refractivity contribution in [3.05, 3.63) is 23.8 Å². The summed E-state index contributed by atoms with van der Waals surface area (Å²) in [5.41, 5.74) is 1.93. The molecule has 9 rings (SSSR count). The van der Waals surface area contributed by atoms with Gasteiger partial charge in [0.05, 0.1) is 0 Å². The maximum Gasteiger partial charge on any atom is -0.0194 e. The van der Waals surface area contributed by atoms with Crippen LogP contribution in [0.2, 0.25) is 0 Å². The monoisotopic (exact) mass is 765 g/mol. The predicted octanol–water partition coefficient (Wildman–Crippen LogP) is 16.7. The van der Waals surface area contributed by atoms with Gasteiger partial charge in [-0.2, -0.15) is 0 Å². The van der Waals surface area contributed by atoms with Crippen LogP contribution in [-0.4, -0.2) is 0 Å². The zero-order valence-electron chi connectivity index (χ0n) is 37.7. The van der Waals surface area contributed by atoms with Crippen LogP contribution in [0.15, 0.2) is 23.8 Å². The molecule has 9 aliphatic carbocycles. The second-order valence-corrected chi connectivity index (χ2v) is 23.9. The van der Waals surface area contributed by atoms with Gasteiger partial charge in [-0.1, -0.05) is 141 Å². The average molecular weight is 765 g/mol. The van der Waals surface area contributed by atoms with Crippen molar-refractivity contribution >= 4 is 0 Å². The van der Waals surface area contributed by atoms with Crippen molar-refractivity contribution in [1.29, 1.82) is 0 Å². The highest BCUT2D eigenvalue weighted by Crippen LogP contribution is 2.65. The Morgan fingerprint density at radius 3 is 1.75 bits per heavy atom. The van der Waals surface area contributed by atoms with Crippen molar-refractivity contribution in [3.63, 3.8) is 0 Å². The van der Waals surface area contributed by atoms with Crippen LogP contribution in [0, 0.1) is 112 Å². The molecule has 0 aromatic rings. The van der Waals surface area contributed by atoms with E-state index < -0.39 is 0 Å². The van der Waals surface area contributed by atoms with Crippen molar-refractivity contribution in [2.75, 3.05) is 0 Å². The van der Waals surface area contributed by atoms with Gasteiger partial charge in [0, 0.05) is 0 Å². The van der Waals surface area contributed by atoms with Crippen LogP contribution in [0.1, 0.15) is 214 Å². The predicted molar refractivity (Wildman–Crippen MR) is 240 cm³/mol. The molecule has 0 aromatic heterocycles. The minimum atomic E-state index is 0.867. The molecule has 9 aliphatic rings. The molecule has 7 fully saturated rings. The fourth-order valence-electron chi connectivity index (χ4n) is 18.6. The fourth-order valence-corrected chi connectivity index (χ4v) is 18.6. The molecule has 0 nitrogen and oxygen atoms in total. The summed E-state index contributed by atoms with van der Waals surface area (Å²) in [6, 6.07) is 0. The first-order valence-electron chi connectivity index (χ1n) is 26.9. The molecule has 0 bridgehead atoms. The maximum atomic E-state index is 3.00. The van der Waals surface area contributed by atoms with Gasteiger partial charge >= 0.3 is 0 Å². The van der Waals surface area contributed by atoms with E-state index >= 15 is 0 Å². The summed E-state index contributed by atoms with van der Waals surface area (Å²) in [7, 11) is 0. The van der Waals surface area contributed by atoms with Gasteiger partial charge in [0.15, 0.2) is 0 Å². The summed E-state index contributed by atoms with van der Waals surface area (Å²) in [5.74, 6) is 19.1. The molecule has 0 aromatic carbocycles. The molecule has 7 saturated carbocycles. The Labute approximate surface area is 348 Å². The first-order chi connectivity index (χ1) is 27.5. The van der Waals surface area contributed by atoms with Crippen LogP contribution < -0.4 is 0 Å². The molecular formula is C56H92. The van der Waals surface area contributed by atoms with Gasteiger partial charge in [-0.15, -0.1) is 0 Å². The van der Waals surface area contributed by atoms with E-state index in [-0.39, 0.29) is 0 Å². The van der Waals surface area contributed by atoms with E-state index in [1.807, 2.05) is 5.57 Å². The second kappa shape index (κ2) is 18.6. The van der Waals surface area contributed by atoms with E-state index in [0.717, 1.165) is 112 Å². The topological polar surface area (TPSA) is 0 Å². The summed E-state index contributed by atoms with van der Waals surface area (Å²) < 4.78 is 0. The van der Waals surface area contributed by atoms with E-state index in [9.17, 15) is 0 Å². The molecule has 17 unspecified atom stereocenters.